The molecular formula is C18H23N3O3. The molecule has 6 heteroatoms. The largest absolute Gasteiger partial charge is 0.356 e. The van der Waals surface area contributed by atoms with Crippen LogP contribution in [0.2, 0.25) is 0 Å². The summed E-state index contributed by atoms with van der Waals surface area (Å²) in [5.41, 5.74) is 3.59. The molecule has 0 spiro atoms. The number of rotatable bonds is 6. The number of benzene rings is 1. The highest BCUT2D eigenvalue weighted by molar-refractivity contribution is 5.88. The number of aryl methyl sites for hydroxylation is 2. The van der Waals surface area contributed by atoms with E-state index < -0.39 is 0 Å². The van der Waals surface area contributed by atoms with Crippen molar-refractivity contribution in [1.29, 1.82) is 0 Å². The van der Waals surface area contributed by atoms with Crippen LogP contribution in [0.1, 0.15) is 36.1 Å². The highest BCUT2D eigenvalue weighted by atomic mass is 16.5. The minimum absolute atomic E-state index is 0.0714. The van der Waals surface area contributed by atoms with Crippen LogP contribution in [0.3, 0.4) is 0 Å². The number of nitrogens with zero attached hydrogens (tertiary/aromatic N) is 2. The molecule has 0 atom stereocenters. The van der Waals surface area contributed by atoms with E-state index in [1.54, 1.807) is 0 Å². The van der Waals surface area contributed by atoms with Gasteiger partial charge in [0.15, 0.2) is 5.58 Å². The van der Waals surface area contributed by atoms with Gasteiger partial charge in [-0.15, -0.1) is 0 Å². The first-order chi connectivity index (χ1) is 11.5. The Labute approximate surface area is 141 Å². The number of carbonyl (C=O) groups is 2. The van der Waals surface area contributed by atoms with Crippen molar-refractivity contribution in [3.63, 3.8) is 0 Å². The van der Waals surface area contributed by atoms with Crippen molar-refractivity contribution in [2.24, 2.45) is 0 Å². The Morgan fingerprint density at radius 1 is 1.38 bits per heavy atom. The molecule has 1 N–H and O–H groups in total. The monoisotopic (exact) mass is 329 g/mol. The second kappa shape index (κ2) is 7.03. The highest BCUT2D eigenvalue weighted by Gasteiger charge is 2.19. The van der Waals surface area contributed by atoms with Crippen molar-refractivity contribution in [2.45, 2.75) is 39.5 Å². The molecule has 0 saturated carbocycles. The molecule has 1 aliphatic heterocycles. The maximum Gasteiger partial charge on any atom is 0.226 e. The topological polar surface area (TPSA) is 75.4 Å². The number of carbonyl (C=O) groups excluding carboxylic acids is 2. The molecule has 2 aromatic rings. The lowest BCUT2D eigenvalue weighted by atomic mass is 10.0. The number of likely N-dealkylation sites (tertiary alicyclic amines) is 1. The predicted octanol–water partition coefficient (Wildman–Crippen LogP) is 2.12. The van der Waals surface area contributed by atoms with E-state index >= 15 is 0 Å². The standard InChI is InChI=1S/C18H23N3O3/c1-12-9-13(2)18-14(20-24-15(18)10-12)11-16(22)19-6-4-8-21-7-3-5-17(21)23/h9-10H,3-8,11H2,1-2H3,(H,19,22). The van der Waals surface area contributed by atoms with Crippen LogP contribution in [0, 0.1) is 13.8 Å². The zero-order chi connectivity index (χ0) is 17.1. The summed E-state index contributed by atoms with van der Waals surface area (Å²) < 4.78 is 5.34. The van der Waals surface area contributed by atoms with Crippen molar-refractivity contribution >= 4 is 22.8 Å². The Bertz CT molecular complexity index is 766. The molecule has 128 valence electrons. The van der Waals surface area contributed by atoms with Gasteiger partial charge >= 0.3 is 0 Å². The maximum atomic E-state index is 12.1. The summed E-state index contributed by atoms with van der Waals surface area (Å²) in [5.74, 6) is 0.152. The van der Waals surface area contributed by atoms with E-state index in [0.717, 1.165) is 41.5 Å². The van der Waals surface area contributed by atoms with Gasteiger partial charge in [0, 0.05) is 31.4 Å². The summed E-state index contributed by atoms with van der Waals surface area (Å²) in [6, 6.07) is 4.00. The molecule has 1 fully saturated rings. The second-order valence-electron chi connectivity index (χ2n) is 6.45. The molecular weight excluding hydrogens is 306 g/mol. The van der Waals surface area contributed by atoms with E-state index in [0.29, 0.717) is 25.2 Å². The van der Waals surface area contributed by atoms with Crippen molar-refractivity contribution < 1.29 is 14.1 Å². The molecule has 2 heterocycles. The quantitative estimate of drug-likeness (QED) is 0.824. The molecule has 0 bridgehead atoms. The van der Waals surface area contributed by atoms with Gasteiger partial charge < -0.3 is 14.7 Å². The molecule has 0 radical (unpaired) electrons. The number of hydrogen-bond donors (Lipinski definition) is 1. The smallest absolute Gasteiger partial charge is 0.226 e. The van der Waals surface area contributed by atoms with E-state index in [1.807, 2.05) is 24.8 Å². The Balaban J connectivity index is 1.51. The SMILES string of the molecule is Cc1cc(C)c2c(CC(=O)NCCCN3CCCC3=O)noc2c1. The van der Waals surface area contributed by atoms with Gasteiger partial charge in [-0.05, 0) is 43.9 Å². The van der Waals surface area contributed by atoms with Crippen LogP contribution in [-0.4, -0.2) is 41.5 Å². The molecule has 6 nitrogen and oxygen atoms in total. The summed E-state index contributed by atoms with van der Waals surface area (Å²) in [7, 11) is 0. The lowest BCUT2D eigenvalue weighted by Gasteiger charge is -2.15. The van der Waals surface area contributed by atoms with Gasteiger partial charge in [-0.3, -0.25) is 9.59 Å². The molecule has 1 aromatic carbocycles. The van der Waals surface area contributed by atoms with Gasteiger partial charge in [0.05, 0.1) is 6.42 Å². The van der Waals surface area contributed by atoms with Crippen molar-refractivity contribution in [3.05, 3.63) is 29.0 Å². The first kappa shape index (κ1) is 16.5. The summed E-state index contributed by atoms with van der Waals surface area (Å²) in [5, 5.41) is 7.88. The molecule has 0 unspecified atom stereocenters. The van der Waals surface area contributed by atoms with Crippen molar-refractivity contribution in [2.75, 3.05) is 19.6 Å². The van der Waals surface area contributed by atoms with Crippen LogP contribution >= 0.6 is 0 Å². The van der Waals surface area contributed by atoms with E-state index in [1.165, 1.54) is 0 Å². The lowest BCUT2D eigenvalue weighted by molar-refractivity contribution is -0.127. The van der Waals surface area contributed by atoms with Crippen LogP contribution < -0.4 is 5.32 Å². The van der Waals surface area contributed by atoms with Gasteiger partial charge in [-0.1, -0.05) is 11.2 Å². The van der Waals surface area contributed by atoms with Crippen molar-refractivity contribution in [3.8, 4) is 0 Å². The first-order valence-corrected chi connectivity index (χ1v) is 8.44. The van der Waals surface area contributed by atoms with Gasteiger partial charge in [0.25, 0.3) is 0 Å². The van der Waals surface area contributed by atoms with Crippen LogP contribution in [0.5, 0.6) is 0 Å². The van der Waals surface area contributed by atoms with Gasteiger partial charge in [0.1, 0.15) is 5.69 Å². The molecule has 24 heavy (non-hydrogen) atoms. The average molecular weight is 329 g/mol. The molecule has 0 aliphatic carbocycles. The van der Waals surface area contributed by atoms with Crippen LogP contribution in [-0.2, 0) is 16.0 Å². The third-order valence-electron chi connectivity index (χ3n) is 4.41. The number of amides is 2. The fraction of sp³-hybridized carbons (Fsp3) is 0.500. The number of fused-ring (bicyclic) bond motifs is 1. The highest BCUT2D eigenvalue weighted by Crippen LogP contribution is 2.24. The van der Waals surface area contributed by atoms with Gasteiger partial charge in [-0.2, -0.15) is 0 Å². The fourth-order valence-corrected chi connectivity index (χ4v) is 3.29. The van der Waals surface area contributed by atoms with E-state index in [9.17, 15) is 9.59 Å². The first-order valence-electron chi connectivity index (χ1n) is 8.44. The van der Waals surface area contributed by atoms with E-state index in [4.69, 9.17) is 4.52 Å². The van der Waals surface area contributed by atoms with E-state index in [-0.39, 0.29) is 18.2 Å². The predicted molar refractivity (Wildman–Crippen MR) is 90.6 cm³/mol. The summed E-state index contributed by atoms with van der Waals surface area (Å²) in [6.45, 7) is 6.13. The van der Waals surface area contributed by atoms with Crippen LogP contribution in [0.25, 0.3) is 11.0 Å². The summed E-state index contributed by atoms with van der Waals surface area (Å²) in [4.78, 5) is 25.5. The number of hydrogen-bond acceptors (Lipinski definition) is 4. The Hall–Kier alpha value is -2.37. The zero-order valence-corrected chi connectivity index (χ0v) is 14.2. The normalized spacial score (nSPS) is 14.6. The third kappa shape index (κ3) is 3.58. The Morgan fingerprint density at radius 2 is 2.21 bits per heavy atom. The summed E-state index contributed by atoms with van der Waals surface area (Å²) in [6.07, 6.45) is 2.59. The fourth-order valence-electron chi connectivity index (χ4n) is 3.29. The van der Waals surface area contributed by atoms with Gasteiger partial charge in [-0.25, -0.2) is 0 Å². The van der Waals surface area contributed by atoms with Crippen LogP contribution in [0.4, 0.5) is 0 Å². The lowest BCUT2D eigenvalue weighted by Crippen LogP contribution is -2.31. The minimum Gasteiger partial charge on any atom is -0.356 e. The number of nitrogens with one attached hydrogen (secondary N) is 1. The Kier molecular flexibility index (Phi) is 4.83. The van der Waals surface area contributed by atoms with Crippen molar-refractivity contribution in [1.82, 2.24) is 15.4 Å². The molecule has 1 saturated heterocycles. The number of aromatic nitrogens is 1. The summed E-state index contributed by atoms with van der Waals surface area (Å²) >= 11 is 0. The molecule has 1 aromatic heterocycles. The maximum absolute atomic E-state index is 12.1. The third-order valence-corrected chi connectivity index (χ3v) is 4.41. The van der Waals surface area contributed by atoms with E-state index in [2.05, 4.69) is 16.5 Å². The molecule has 2 amide bonds. The average Bonchev–Trinajstić information content (AvgIpc) is 3.10. The zero-order valence-electron chi connectivity index (χ0n) is 14.2. The Morgan fingerprint density at radius 3 is 2.96 bits per heavy atom. The molecule has 3 rings (SSSR count). The van der Waals surface area contributed by atoms with Gasteiger partial charge in [0.2, 0.25) is 11.8 Å². The minimum atomic E-state index is -0.0714. The van der Waals surface area contributed by atoms with Crippen LogP contribution in [0.15, 0.2) is 16.7 Å². The molecule has 1 aliphatic rings. The second-order valence-corrected chi connectivity index (χ2v) is 6.45.